The summed E-state index contributed by atoms with van der Waals surface area (Å²) in [6.45, 7) is 1.87. The van der Waals surface area contributed by atoms with E-state index in [1.165, 1.54) is 30.3 Å². The molecule has 0 saturated heterocycles. The lowest BCUT2D eigenvalue weighted by Crippen LogP contribution is -2.15. The van der Waals surface area contributed by atoms with Gasteiger partial charge < -0.3 is 5.32 Å². The van der Waals surface area contributed by atoms with Gasteiger partial charge in [-0.25, -0.2) is 8.42 Å². The molecule has 8 heteroatoms. The highest BCUT2D eigenvalue weighted by Gasteiger charge is 2.17. The van der Waals surface area contributed by atoms with Crippen LogP contribution in [-0.2, 0) is 10.0 Å². The van der Waals surface area contributed by atoms with Crippen molar-refractivity contribution in [3.05, 3.63) is 87.9 Å². The molecule has 0 aliphatic carbocycles. The van der Waals surface area contributed by atoms with E-state index in [2.05, 4.69) is 10.0 Å². The van der Waals surface area contributed by atoms with Crippen LogP contribution in [-0.4, -0.2) is 14.3 Å². The summed E-state index contributed by atoms with van der Waals surface area (Å²) < 4.78 is 27.6. The molecule has 3 aromatic rings. The summed E-state index contributed by atoms with van der Waals surface area (Å²) in [5, 5.41) is 3.35. The number of amides is 1. The van der Waals surface area contributed by atoms with E-state index in [0.717, 1.165) is 5.56 Å². The lowest BCUT2D eigenvalue weighted by atomic mass is 10.2. The zero-order chi connectivity index (χ0) is 20.3. The minimum absolute atomic E-state index is 0.123. The highest BCUT2D eigenvalue weighted by Crippen LogP contribution is 2.24. The molecule has 0 aliphatic heterocycles. The van der Waals surface area contributed by atoms with Crippen molar-refractivity contribution in [1.82, 2.24) is 0 Å². The molecular formula is C20H16Cl2N2O3S. The van der Waals surface area contributed by atoms with Crippen LogP contribution in [0, 0.1) is 6.92 Å². The van der Waals surface area contributed by atoms with Gasteiger partial charge in [0, 0.05) is 16.4 Å². The minimum Gasteiger partial charge on any atom is -0.322 e. The van der Waals surface area contributed by atoms with Crippen molar-refractivity contribution in [2.24, 2.45) is 0 Å². The number of aryl methyl sites for hydroxylation is 1. The van der Waals surface area contributed by atoms with Gasteiger partial charge in [0.1, 0.15) is 0 Å². The number of benzene rings is 3. The first-order chi connectivity index (χ1) is 13.2. The largest absolute Gasteiger partial charge is 0.322 e. The van der Waals surface area contributed by atoms with Gasteiger partial charge in [0.05, 0.1) is 15.5 Å². The summed E-state index contributed by atoms with van der Waals surface area (Å²) in [4.78, 5) is 12.7. The summed E-state index contributed by atoms with van der Waals surface area (Å²) >= 11 is 12.0. The molecule has 144 valence electrons. The second-order valence-corrected chi connectivity index (χ2v) is 8.60. The Morgan fingerprint density at radius 3 is 2.29 bits per heavy atom. The molecule has 0 bridgehead atoms. The summed E-state index contributed by atoms with van der Waals surface area (Å²) in [6.07, 6.45) is 0. The first kappa shape index (κ1) is 20.2. The molecule has 0 spiro atoms. The predicted molar refractivity (Wildman–Crippen MR) is 113 cm³/mol. The highest BCUT2D eigenvalue weighted by molar-refractivity contribution is 7.92. The Labute approximate surface area is 173 Å². The highest BCUT2D eigenvalue weighted by atomic mass is 35.5. The van der Waals surface area contributed by atoms with Gasteiger partial charge in [-0.05, 0) is 55.5 Å². The van der Waals surface area contributed by atoms with Crippen LogP contribution in [0.5, 0.6) is 0 Å². The molecule has 0 heterocycles. The second-order valence-electron chi connectivity index (χ2n) is 6.08. The third kappa shape index (κ3) is 4.84. The predicted octanol–water partition coefficient (Wildman–Crippen LogP) is 5.35. The lowest BCUT2D eigenvalue weighted by molar-refractivity contribution is 0.102. The Morgan fingerprint density at radius 1 is 0.893 bits per heavy atom. The Bertz CT molecular complexity index is 1130. The smallest absolute Gasteiger partial charge is 0.261 e. The van der Waals surface area contributed by atoms with Gasteiger partial charge in [-0.3, -0.25) is 9.52 Å². The minimum atomic E-state index is -3.79. The maximum Gasteiger partial charge on any atom is 0.261 e. The fourth-order valence-corrected chi connectivity index (χ4v) is 3.90. The normalized spacial score (nSPS) is 11.1. The zero-order valence-corrected chi connectivity index (χ0v) is 17.1. The number of anilines is 2. The number of hydrogen-bond acceptors (Lipinski definition) is 3. The monoisotopic (exact) mass is 434 g/mol. The molecule has 0 fully saturated rings. The van der Waals surface area contributed by atoms with Gasteiger partial charge in [-0.1, -0.05) is 47.0 Å². The summed E-state index contributed by atoms with van der Waals surface area (Å²) in [5.41, 5.74) is 1.80. The third-order valence-corrected chi connectivity index (χ3v) is 5.84. The average Bonchev–Trinajstić information content (AvgIpc) is 2.63. The van der Waals surface area contributed by atoms with E-state index in [4.69, 9.17) is 23.2 Å². The van der Waals surface area contributed by atoms with Gasteiger partial charge in [0.15, 0.2) is 0 Å². The van der Waals surface area contributed by atoms with E-state index in [-0.39, 0.29) is 21.2 Å². The molecular weight excluding hydrogens is 419 g/mol. The fraction of sp³-hybridized carbons (Fsp3) is 0.0500. The van der Waals surface area contributed by atoms with Crippen LogP contribution >= 0.6 is 23.2 Å². The van der Waals surface area contributed by atoms with E-state index >= 15 is 0 Å². The number of sulfonamides is 1. The third-order valence-electron chi connectivity index (χ3n) is 3.88. The topological polar surface area (TPSA) is 75.3 Å². The second kappa shape index (κ2) is 8.22. The molecule has 28 heavy (non-hydrogen) atoms. The van der Waals surface area contributed by atoms with Crippen LogP contribution in [0.25, 0.3) is 0 Å². The summed E-state index contributed by atoms with van der Waals surface area (Å²) in [5.74, 6) is -0.483. The van der Waals surface area contributed by atoms with Crippen LogP contribution in [0.3, 0.4) is 0 Å². The van der Waals surface area contributed by atoms with Crippen LogP contribution < -0.4 is 10.0 Å². The zero-order valence-electron chi connectivity index (χ0n) is 14.7. The molecule has 0 unspecified atom stereocenters. The standard InChI is InChI=1S/C20H16Cl2N2O3S/c1-13-5-8-17(9-6-13)28(26,27)24-16-7-10-19(22)18(12-16)20(25)23-15-4-2-3-14(21)11-15/h2-12,24H,1H3,(H,23,25). The first-order valence-corrected chi connectivity index (χ1v) is 10.4. The molecule has 2 N–H and O–H groups in total. The van der Waals surface area contributed by atoms with Gasteiger partial charge in [0.25, 0.3) is 15.9 Å². The van der Waals surface area contributed by atoms with Crippen LogP contribution in [0.2, 0.25) is 10.0 Å². The number of carbonyl (C=O) groups excluding carboxylic acids is 1. The molecule has 5 nitrogen and oxygen atoms in total. The maximum atomic E-state index is 12.6. The summed E-state index contributed by atoms with van der Waals surface area (Å²) in [7, 11) is -3.79. The lowest BCUT2D eigenvalue weighted by Gasteiger charge is -2.11. The first-order valence-electron chi connectivity index (χ1n) is 8.20. The van der Waals surface area contributed by atoms with Crippen LogP contribution in [0.4, 0.5) is 11.4 Å². The van der Waals surface area contributed by atoms with Gasteiger partial charge in [-0.15, -0.1) is 0 Å². The van der Waals surface area contributed by atoms with E-state index < -0.39 is 15.9 Å². The molecule has 3 aromatic carbocycles. The maximum absolute atomic E-state index is 12.6. The van der Waals surface area contributed by atoms with E-state index in [1.54, 1.807) is 36.4 Å². The number of halogens is 2. The fourth-order valence-electron chi connectivity index (χ4n) is 2.46. The Balaban J connectivity index is 1.84. The number of hydrogen-bond donors (Lipinski definition) is 2. The Hall–Kier alpha value is -2.54. The van der Waals surface area contributed by atoms with Crippen molar-refractivity contribution in [3.63, 3.8) is 0 Å². The molecule has 0 aromatic heterocycles. The SMILES string of the molecule is Cc1ccc(S(=O)(=O)Nc2ccc(Cl)c(C(=O)Nc3cccc(Cl)c3)c2)cc1. The van der Waals surface area contributed by atoms with E-state index in [1.807, 2.05) is 6.92 Å². The average molecular weight is 435 g/mol. The number of rotatable bonds is 5. The van der Waals surface area contributed by atoms with E-state index in [9.17, 15) is 13.2 Å². The van der Waals surface area contributed by atoms with Crippen molar-refractivity contribution >= 4 is 50.5 Å². The molecule has 0 radical (unpaired) electrons. The number of nitrogens with one attached hydrogen (secondary N) is 2. The van der Waals surface area contributed by atoms with Crippen LogP contribution in [0.1, 0.15) is 15.9 Å². The molecule has 3 rings (SSSR count). The van der Waals surface area contributed by atoms with Gasteiger partial charge >= 0.3 is 0 Å². The van der Waals surface area contributed by atoms with Crippen molar-refractivity contribution in [3.8, 4) is 0 Å². The molecule has 0 atom stereocenters. The number of carbonyl (C=O) groups is 1. The van der Waals surface area contributed by atoms with Gasteiger partial charge in [-0.2, -0.15) is 0 Å². The Kier molecular flexibility index (Phi) is 5.93. The van der Waals surface area contributed by atoms with Crippen molar-refractivity contribution in [1.29, 1.82) is 0 Å². The molecule has 0 saturated carbocycles. The quantitative estimate of drug-likeness (QED) is 0.567. The molecule has 1 amide bonds. The van der Waals surface area contributed by atoms with E-state index in [0.29, 0.717) is 10.7 Å². The Morgan fingerprint density at radius 2 is 1.61 bits per heavy atom. The van der Waals surface area contributed by atoms with Crippen molar-refractivity contribution in [2.45, 2.75) is 11.8 Å². The summed E-state index contributed by atoms with van der Waals surface area (Å²) in [6, 6.07) is 17.4. The van der Waals surface area contributed by atoms with Crippen LogP contribution in [0.15, 0.2) is 71.6 Å². The molecule has 0 aliphatic rings. The van der Waals surface area contributed by atoms with Gasteiger partial charge in [0.2, 0.25) is 0 Å². The van der Waals surface area contributed by atoms with Crippen molar-refractivity contribution in [2.75, 3.05) is 10.0 Å². The van der Waals surface area contributed by atoms with Crippen molar-refractivity contribution < 1.29 is 13.2 Å².